The second-order valence-corrected chi connectivity index (χ2v) is 6.04. The van der Waals surface area contributed by atoms with Gasteiger partial charge in [0.05, 0.1) is 13.0 Å². The second kappa shape index (κ2) is 8.27. The molecule has 2 atom stereocenters. The van der Waals surface area contributed by atoms with Crippen LogP contribution in [0, 0.1) is 5.92 Å². The standard InChI is InChI=1S/C18H22F3NO3/c1-3-9-25-15-8-7-12(10-16(15)24-2)17(23)22-14-6-4-5-13(11-14)18(19,20)21/h3,7-8,10,13-14H,1,4-6,9,11H2,2H3,(H,22,23). The van der Waals surface area contributed by atoms with Crippen LogP contribution >= 0.6 is 0 Å². The van der Waals surface area contributed by atoms with E-state index in [-0.39, 0.29) is 12.8 Å². The van der Waals surface area contributed by atoms with Crippen molar-refractivity contribution in [1.82, 2.24) is 5.32 Å². The Hall–Kier alpha value is -2.18. The Morgan fingerprint density at radius 3 is 2.76 bits per heavy atom. The maximum atomic E-state index is 12.9. The van der Waals surface area contributed by atoms with Gasteiger partial charge in [0.15, 0.2) is 11.5 Å². The summed E-state index contributed by atoms with van der Waals surface area (Å²) >= 11 is 0. The van der Waals surface area contributed by atoms with Gasteiger partial charge in [-0.1, -0.05) is 19.1 Å². The smallest absolute Gasteiger partial charge is 0.391 e. The number of benzene rings is 1. The van der Waals surface area contributed by atoms with Crippen molar-refractivity contribution in [3.05, 3.63) is 36.4 Å². The molecule has 1 aromatic rings. The molecule has 0 saturated heterocycles. The van der Waals surface area contributed by atoms with E-state index in [2.05, 4.69) is 11.9 Å². The first-order valence-electron chi connectivity index (χ1n) is 8.14. The number of carbonyl (C=O) groups excluding carboxylic acids is 1. The Morgan fingerprint density at radius 2 is 2.12 bits per heavy atom. The summed E-state index contributed by atoms with van der Waals surface area (Å²) in [5.41, 5.74) is 0.317. The molecule has 0 radical (unpaired) electrons. The third-order valence-electron chi connectivity index (χ3n) is 4.25. The van der Waals surface area contributed by atoms with Crippen LogP contribution in [0.2, 0.25) is 0 Å². The van der Waals surface area contributed by atoms with Crippen LogP contribution in [0.3, 0.4) is 0 Å². The van der Waals surface area contributed by atoms with E-state index in [0.717, 1.165) is 0 Å². The molecule has 1 saturated carbocycles. The molecule has 0 bridgehead atoms. The molecule has 0 aliphatic heterocycles. The molecule has 1 N–H and O–H groups in total. The molecule has 0 spiro atoms. The zero-order valence-electron chi connectivity index (χ0n) is 14.1. The first kappa shape index (κ1) is 19.1. The van der Waals surface area contributed by atoms with Crippen LogP contribution in [0.1, 0.15) is 36.0 Å². The molecule has 4 nitrogen and oxygen atoms in total. The highest BCUT2D eigenvalue weighted by Crippen LogP contribution is 2.37. The molecule has 1 aliphatic rings. The molecule has 1 aliphatic carbocycles. The summed E-state index contributed by atoms with van der Waals surface area (Å²) in [6.07, 6.45) is -1.58. The number of alkyl halides is 3. The molecule has 1 fully saturated rings. The zero-order valence-corrected chi connectivity index (χ0v) is 14.1. The number of methoxy groups -OCH3 is 1. The van der Waals surface area contributed by atoms with Gasteiger partial charge in [-0.05, 0) is 37.5 Å². The van der Waals surface area contributed by atoms with Crippen LogP contribution in [0.5, 0.6) is 11.5 Å². The van der Waals surface area contributed by atoms with Gasteiger partial charge < -0.3 is 14.8 Å². The lowest BCUT2D eigenvalue weighted by molar-refractivity contribution is -0.183. The van der Waals surface area contributed by atoms with E-state index in [1.54, 1.807) is 18.2 Å². The highest BCUT2D eigenvalue weighted by molar-refractivity contribution is 5.95. The van der Waals surface area contributed by atoms with Gasteiger partial charge in [-0.2, -0.15) is 13.2 Å². The topological polar surface area (TPSA) is 47.6 Å². The Labute approximate surface area is 145 Å². The summed E-state index contributed by atoms with van der Waals surface area (Å²) < 4.78 is 49.2. The Balaban J connectivity index is 2.04. The van der Waals surface area contributed by atoms with E-state index in [0.29, 0.717) is 36.5 Å². The number of halogens is 3. The van der Waals surface area contributed by atoms with Crippen molar-refractivity contribution < 1.29 is 27.4 Å². The first-order chi connectivity index (χ1) is 11.8. The maximum Gasteiger partial charge on any atom is 0.391 e. The molecule has 0 heterocycles. The Morgan fingerprint density at radius 1 is 1.36 bits per heavy atom. The van der Waals surface area contributed by atoms with Gasteiger partial charge in [-0.3, -0.25) is 4.79 Å². The normalized spacial score (nSPS) is 20.6. The summed E-state index contributed by atoms with van der Waals surface area (Å²) in [5.74, 6) is -0.919. The largest absolute Gasteiger partial charge is 0.493 e. The zero-order chi connectivity index (χ0) is 18.4. The first-order valence-corrected chi connectivity index (χ1v) is 8.14. The van der Waals surface area contributed by atoms with E-state index in [9.17, 15) is 18.0 Å². The van der Waals surface area contributed by atoms with Crippen LogP contribution in [0.4, 0.5) is 13.2 Å². The van der Waals surface area contributed by atoms with Gasteiger partial charge >= 0.3 is 6.18 Å². The van der Waals surface area contributed by atoms with Crippen molar-refractivity contribution >= 4 is 5.91 Å². The van der Waals surface area contributed by atoms with Gasteiger partial charge in [0.1, 0.15) is 6.61 Å². The lowest BCUT2D eigenvalue weighted by Gasteiger charge is -2.31. The monoisotopic (exact) mass is 357 g/mol. The predicted octanol–water partition coefficient (Wildman–Crippen LogP) is 4.11. The van der Waals surface area contributed by atoms with Gasteiger partial charge in [0, 0.05) is 11.6 Å². The van der Waals surface area contributed by atoms with Gasteiger partial charge in [0.2, 0.25) is 0 Å². The highest BCUT2D eigenvalue weighted by Gasteiger charge is 2.42. The van der Waals surface area contributed by atoms with Crippen molar-refractivity contribution in [2.45, 2.75) is 37.9 Å². The summed E-state index contributed by atoms with van der Waals surface area (Å²) in [6.45, 7) is 3.85. The number of rotatable bonds is 6. The number of nitrogens with one attached hydrogen (secondary N) is 1. The number of ether oxygens (including phenoxy) is 2. The van der Waals surface area contributed by atoms with E-state index in [4.69, 9.17) is 9.47 Å². The molecular weight excluding hydrogens is 335 g/mol. The Kier molecular flexibility index (Phi) is 6.33. The number of hydrogen-bond donors (Lipinski definition) is 1. The van der Waals surface area contributed by atoms with Crippen LogP contribution < -0.4 is 14.8 Å². The number of carbonyl (C=O) groups is 1. The van der Waals surface area contributed by atoms with Crippen molar-refractivity contribution in [3.8, 4) is 11.5 Å². The van der Waals surface area contributed by atoms with Gasteiger partial charge in [-0.25, -0.2) is 0 Å². The van der Waals surface area contributed by atoms with E-state index >= 15 is 0 Å². The fraction of sp³-hybridized carbons (Fsp3) is 0.500. The third-order valence-corrected chi connectivity index (χ3v) is 4.25. The molecule has 1 aromatic carbocycles. The molecule has 25 heavy (non-hydrogen) atoms. The summed E-state index contributed by atoms with van der Waals surface area (Å²) in [4.78, 5) is 12.4. The van der Waals surface area contributed by atoms with Gasteiger partial charge in [-0.15, -0.1) is 0 Å². The van der Waals surface area contributed by atoms with Crippen molar-refractivity contribution in [2.24, 2.45) is 5.92 Å². The predicted molar refractivity (Wildman–Crippen MR) is 88.0 cm³/mol. The second-order valence-electron chi connectivity index (χ2n) is 6.04. The highest BCUT2D eigenvalue weighted by atomic mass is 19.4. The Bertz CT molecular complexity index is 616. The summed E-state index contributed by atoms with van der Waals surface area (Å²) in [5, 5.41) is 2.70. The lowest BCUT2D eigenvalue weighted by Crippen LogP contribution is -2.41. The lowest BCUT2D eigenvalue weighted by atomic mass is 9.85. The van der Waals surface area contributed by atoms with E-state index in [1.165, 1.54) is 13.2 Å². The molecule has 1 amide bonds. The maximum absolute atomic E-state index is 12.9. The quantitative estimate of drug-likeness (QED) is 0.780. The minimum absolute atomic E-state index is 0.0765. The number of amides is 1. The van der Waals surface area contributed by atoms with Crippen molar-refractivity contribution in [2.75, 3.05) is 13.7 Å². The average molecular weight is 357 g/mol. The molecule has 138 valence electrons. The third kappa shape index (κ3) is 5.14. The minimum atomic E-state index is -4.21. The average Bonchev–Trinajstić information content (AvgIpc) is 2.59. The molecule has 2 unspecified atom stereocenters. The summed E-state index contributed by atoms with van der Waals surface area (Å²) in [6, 6.07) is 4.19. The van der Waals surface area contributed by atoms with Crippen molar-refractivity contribution in [1.29, 1.82) is 0 Å². The van der Waals surface area contributed by atoms with Gasteiger partial charge in [0.25, 0.3) is 5.91 Å². The van der Waals surface area contributed by atoms with Crippen LogP contribution in [0.15, 0.2) is 30.9 Å². The molecule has 7 heteroatoms. The fourth-order valence-corrected chi connectivity index (χ4v) is 2.96. The minimum Gasteiger partial charge on any atom is -0.493 e. The SMILES string of the molecule is C=CCOc1ccc(C(=O)NC2CCCC(C(F)(F)F)C2)cc1OC. The molecule has 2 rings (SSSR count). The van der Waals surface area contributed by atoms with Crippen LogP contribution in [0.25, 0.3) is 0 Å². The number of hydrogen-bond acceptors (Lipinski definition) is 3. The van der Waals surface area contributed by atoms with Crippen LogP contribution in [-0.4, -0.2) is 31.8 Å². The fourth-order valence-electron chi connectivity index (χ4n) is 2.96. The van der Waals surface area contributed by atoms with E-state index < -0.39 is 24.0 Å². The summed E-state index contributed by atoms with van der Waals surface area (Å²) in [7, 11) is 1.45. The molecule has 0 aromatic heterocycles. The molecular formula is C18H22F3NO3. The van der Waals surface area contributed by atoms with Crippen LogP contribution in [-0.2, 0) is 0 Å². The van der Waals surface area contributed by atoms with Crippen molar-refractivity contribution in [3.63, 3.8) is 0 Å². The van der Waals surface area contributed by atoms with E-state index in [1.807, 2.05) is 0 Å².